The normalized spacial score (nSPS) is 12.0. The summed E-state index contributed by atoms with van der Waals surface area (Å²) in [6.07, 6.45) is 0. The fourth-order valence-electron chi connectivity index (χ4n) is 2.70. The minimum atomic E-state index is -4.10. The molecule has 0 fully saturated rings. The molecule has 0 unspecified atom stereocenters. The van der Waals surface area contributed by atoms with Gasteiger partial charge in [-0.05, 0) is 36.4 Å². The van der Waals surface area contributed by atoms with Gasteiger partial charge in [0.2, 0.25) is 0 Å². The number of fused-ring (bicyclic) bond motifs is 1. The molecule has 0 atom stereocenters. The first-order chi connectivity index (χ1) is 13.9. The van der Waals surface area contributed by atoms with Crippen molar-refractivity contribution < 1.29 is 16.8 Å². The lowest BCUT2D eigenvalue weighted by Gasteiger charge is -2.14. The summed E-state index contributed by atoms with van der Waals surface area (Å²) >= 11 is 0.900. The van der Waals surface area contributed by atoms with Crippen LogP contribution in [0.25, 0.3) is 11.0 Å². The Morgan fingerprint density at radius 3 is 2.10 bits per heavy atom. The molecule has 2 N–H and O–H groups in total. The molecule has 11 heteroatoms. The first kappa shape index (κ1) is 19.3. The van der Waals surface area contributed by atoms with E-state index in [0.29, 0.717) is 11.2 Å². The molecule has 0 aliphatic rings. The molecule has 148 valence electrons. The predicted octanol–water partition coefficient (Wildman–Crippen LogP) is 3.29. The lowest BCUT2D eigenvalue weighted by Crippen LogP contribution is -2.19. The number of anilines is 2. The van der Waals surface area contributed by atoms with Crippen molar-refractivity contribution in [1.29, 1.82) is 0 Å². The Hall–Kier alpha value is -3.02. The second kappa shape index (κ2) is 7.43. The number of nitrogens with one attached hydrogen (secondary N) is 2. The standard InChI is InChI=1S/C18H14N4O4S3/c23-28(24,21-13-7-2-1-3-8-13)16-11-5-4-9-14(16)22-29(25,26)17-12-6-10-15-18(17)20-27-19-15/h1-12,21-22H. The van der Waals surface area contributed by atoms with E-state index in [0.717, 1.165) is 11.7 Å². The van der Waals surface area contributed by atoms with E-state index in [1.54, 1.807) is 48.5 Å². The zero-order valence-corrected chi connectivity index (χ0v) is 17.1. The summed E-state index contributed by atoms with van der Waals surface area (Å²) in [5.74, 6) is 0. The molecule has 0 amide bonds. The molecular formula is C18H14N4O4S3. The van der Waals surface area contributed by atoms with Gasteiger partial charge in [-0.25, -0.2) is 16.8 Å². The van der Waals surface area contributed by atoms with Crippen LogP contribution < -0.4 is 9.44 Å². The summed E-state index contributed by atoms with van der Waals surface area (Å²) in [4.78, 5) is -0.275. The van der Waals surface area contributed by atoms with Gasteiger partial charge in [-0.1, -0.05) is 36.4 Å². The maximum Gasteiger partial charge on any atom is 0.264 e. The van der Waals surface area contributed by atoms with Crippen molar-refractivity contribution >= 4 is 54.2 Å². The molecule has 29 heavy (non-hydrogen) atoms. The monoisotopic (exact) mass is 446 g/mol. The first-order valence-electron chi connectivity index (χ1n) is 8.28. The van der Waals surface area contributed by atoms with Crippen LogP contribution in [0.15, 0.2) is 82.6 Å². The van der Waals surface area contributed by atoms with E-state index in [2.05, 4.69) is 18.2 Å². The number of para-hydroxylation sites is 2. The molecule has 1 aromatic heterocycles. The molecule has 1 heterocycles. The lowest BCUT2D eigenvalue weighted by atomic mass is 10.3. The van der Waals surface area contributed by atoms with Gasteiger partial charge >= 0.3 is 0 Å². The van der Waals surface area contributed by atoms with E-state index in [-0.39, 0.29) is 21.0 Å². The molecule has 0 saturated heterocycles. The van der Waals surface area contributed by atoms with Crippen molar-refractivity contribution in [2.24, 2.45) is 0 Å². The van der Waals surface area contributed by atoms with Gasteiger partial charge in [0.25, 0.3) is 20.0 Å². The summed E-state index contributed by atoms with van der Waals surface area (Å²) < 4.78 is 64.5. The maximum absolute atomic E-state index is 13.0. The van der Waals surface area contributed by atoms with E-state index >= 15 is 0 Å². The Morgan fingerprint density at radius 2 is 1.31 bits per heavy atom. The second-order valence-electron chi connectivity index (χ2n) is 5.96. The molecule has 0 radical (unpaired) electrons. The largest absolute Gasteiger partial charge is 0.280 e. The van der Waals surface area contributed by atoms with Crippen LogP contribution in [0.5, 0.6) is 0 Å². The number of aromatic nitrogens is 2. The highest BCUT2D eigenvalue weighted by atomic mass is 32.2. The van der Waals surface area contributed by atoms with Crippen LogP contribution in [-0.4, -0.2) is 25.6 Å². The Balaban J connectivity index is 1.73. The lowest BCUT2D eigenvalue weighted by molar-refractivity contribution is 0.601. The van der Waals surface area contributed by atoms with Crippen molar-refractivity contribution in [2.75, 3.05) is 9.44 Å². The number of rotatable bonds is 6. The van der Waals surface area contributed by atoms with Gasteiger partial charge in [0.1, 0.15) is 20.8 Å². The zero-order chi connectivity index (χ0) is 20.5. The van der Waals surface area contributed by atoms with Crippen LogP contribution in [0, 0.1) is 0 Å². The highest BCUT2D eigenvalue weighted by molar-refractivity contribution is 7.94. The van der Waals surface area contributed by atoms with Crippen molar-refractivity contribution in [1.82, 2.24) is 8.75 Å². The summed E-state index contributed by atoms with van der Waals surface area (Å²) in [5.41, 5.74) is 0.969. The minimum Gasteiger partial charge on any atom is -0.280 e. The van der Waals surface area contributed by atoms with E-state index < -0.39 is 20.0 Å². The number of hydrogen-bond acceptors (Lipinski definition) is 7. The third-order valence-corrected chi connectivity index (χ3v) is 7.36. The van der Waals surface area contributed by atoms with Gasteiger partial charge in [0, 0.05) is 5.69 Å². The predicted molar refractivity (Wildman–Crippen MR) is 112 cm³/mol. The number of benzene rings is 3. The van der Waals surface area contributed by atoms with Gasteiger partial charge in [0.15, 0.2) is 0 Å². The Morgan fingerprint density at radius 1 is 0.655 bits per heavy atom. The van der Waals surface area contributed by atoms with Crippen molar-refractivity contribution in [3.8, 4) is 0 Å². The first-order valence-corrected chi connectivity index (χ1v) is 12.0. The van der Waals surface area contributed by atoms with Crippen molar-refractivity contribution in [3.05, 3.63) is 72.8 Å². The van der Waals surface area contributed by atoms with Crippen LogP contribution in [0.2, 0.25) is 0 Å². The smallest absolute Gasteiger partial charge is 0.264 e. The molecule has 0 aliphatic heterocycles. The number of nitrogens with zero attached hydrogens (tertiary/aromatic N) is 2. The molecule has 3 aromatic carbocycles. The van der Waals surface area contributed by atoms with Gasteiger partial charge < -0.3 is 0 Å². The van der Waals surface area contributed by atoms with E-state index in [9.17, 15) is 16.8 Å². The molecule has 0 aliphatic carbocycles. The Labute approximate surface area is 171 Å². The molecule has 0 spiro atoms. The van der Waals surface area contributed by atoms with Crippen LogP contribution >= 0.6 is 11.7 Å². The average Bonchev–Trinajstić information content (AvgIpc) is 3.17. The molecule has 0 bridgehead atoms. The molecule has 8 nitrogen and oxygen atoms in total. The van der Waals surface area contributed by atoms with Crippen LogP contribution in [0.1, 0.15) is 0 Å². The summed E-state index contributed by atoms with van der Waals surface area (Å²) in [6, 6.07) is 18.7. The maximum atomic E-state index is 13.0. The average molecular weight is 447 g/mol. The highest BCUT2D eigenvalue weighted by Gasteiger charge is 2.24. The zero-order valence-electron chi connectivity index (χ0n) is 14.7. The minimum absolute atomic E-state index is 0.0730. The quantitative estimate of drug-likeness (QED) is 0.469. The third-order valence-electron chi connectivity index (χ3n) is 3.99. The van der Waals surface area contributed by atoms with E-state index in [4.69, 9.17) is 0 Å². The van der Waals surface area contributed by atoms with Crippen LogP contribution in [0.3, 0.4) is 0 Å². The summed E-state index contributed by atoms with van der Waals surface area (Å²) in [7, 11) is -8.14. The second-order valence-corrected chi connectivity index (χ2v) is 9.79. The summed E-state index contributed by atoms with van der Waals surface area (Å²) in [5, 5.41) is 0. The van der Waals surface area contributed by atoms with Gasteiger partial charge in [-0.2, -0.15) is 8.75 Å². The third kappa shape index (κ3) is 3.92. The SMILES string of the molecule is O=S(=O)(Nc1ccccc1)c1ccccc1NS(=O)(=O)c1cccc2nsnc12. The molecular weight excluding hydrogens is 432 g/mol. The van der Waals surface area contributed by atoms with E-state index in [1.807, 2.05) is 0 Å². The number of sulfonamides is 2. The molecule has 4 aromatic rings. The Bertz CT molecular complexity index is 1380. The van der Waals surface area contributed by atoms with Gasteiger partial charge in [-0.15, -0.1) is 0 Å². The Kier molecular flexibility index (Phi) is 4.94. The van der Waals surface area contributed by atoms with E-state index in [1.165, 1.54) is 24.3 Å². The topological polar surface area (TPSA) is 118 Å². The molecule has 0 saturated carbocycles. The van der Waals surface area contributed by atoms with Crippen molar-refractivity contribution in [3.63, 3.8) is 0 Å². The number of hydrogen-bond donors (Lipinski definition) is 2. The van der Waals surface area contributed by atoms with Crippen LogP contribution in [-0.2, 0) is 20.0 Å². The summed E-state index contributed by atoms with van der Waals surface area (Å²) in [6.45, 7) is 0. The fourth-order valence-corrected chi connectivity index (χ4v) is 5.83. The molecule has 4 rings (SSSR count). The van der Waals surface area contributed by atoms with Gasteiger partial charge in [-0.3, -0.25) is 9.44 Å². The van der Waals surface area contributed by atoms with Gasteiger partial charge in [0.05, 0.1) is 17.4 Å². The van der Waals surface area contributed by atoms with Crippen molar-refractivity contribution in [2.45, 2.75) is 9.79 Å². The highest BCUT2D eigenvalue weighted by Crippen LogP contribution is 2.28. The van der Waals surface area contributed by atoms with Crippen LogP contribution in [0.4, 0.5) is 11.4 Å². The fraction of sp³-hybridized carbons (Fsp3) is 0.